The van der Waals surface area contributed by atoms with Gasteiger partial charge in [-0.05, 0) is 43.3 Å². The Kier molecular flexibility index (Phi) is 4.46. The smallest absolute Gasteiger partial charge is 0.240 e. The number of aromatic nitrogens is 4. The van der Waals surface area contributed by atoms with Crippen LogP contribution in [-0.4, -0.2) is 19.7 Å². The van der Waals surface area contributed by atoms with E-state index in [-0.39, 0.29) is 5.25 Å². The van der Waals surface area contributed by atoms with Gasteiger partial charge in [0.2, 0.25) is 11.7 Å². The van der Waals surface area contributed by atoms with Gasteiger partial charge in [0.25, 0.3) is 0 Å². The van der Waals surface area contributed by atoms with E-state index in [0.717, 1.165) is 15.3 Å². The summed E-state index contributed by atoms with van der Waals surface area (Å²) in [5.41, 5.74) is 1.04. The zero-order valence-electron chi connectivity index (χ0n) is 13.2. The molecule has 4 aromatic rings. The lowest BCUT2D eigenvalue weighted by atomic mass is 10.3. The molecule has 0 bridgehead atoms. The lowest BCUT2D eigenvalue weighted by Crippen LogP contribution is -1.97. The summed E-state index contributed by atoms with van der Waals surface area (Å²) in [6.07, 6.45) is 5.29. The number of hydrogen-bond acceptors (Lipinski definition) is 6. The minimum atomic E-state index is -0.0483. The van der Waals surface area contributed by atoms with Crippen molar-refractivity contribution >= 4 is 27.7 Å². The average Bonchev–Trinajstić information content (AvgIpc) is 3.36. The maximum atomic E-state index is 5.38. The van der Waals surface area contributed by atoms with Gasteiger partial charge in [-0.2, -0.15) is 4.98 Å². The van der Waals surface area contributed by atoms with Crippen LogP contribution >= 0.6 is 27.7 Å². The molecule has 0 saturated carbocycles. The summed E-state index contributed by atoms with van der Waals surface area (Å²) in [7, 11) is 0. The van der Waals surface area contributed by atoms with Gasteiger partial charge in [-0.1, -0.05) is 32.8 Å². The van der Waals surface area contributed by atoms with Crippen LogP contribution in [0, 0.1) is 0 Å². The third-order valence-corrected chi connectivity index (χ3v) is 5.12. The molecule has 8 heteroatoms. The van der Waals surface area contributed by atoms with Crippen LogP contribution in [0.5, 0.6) is 0 Å². The number of imidazole rings is 1. The first kappa shape index (κ1) is 16.2. The number of furan rings is 1. The van der Waals surface area contributed by atoms with Gasteiger partial charge in [-0.3, -0.25) is 4.57 Å². The largest absolute Gasteiger partial charge is 0.461 e. The molecule has 0 saturated heterocycles. The molecule has 0 spiro atoms. The van der Waals surface area contributed by atoms with Crippen LogP contribution < -0.4 is 0 Å². The molecule has 25 heavy (non-hydrogen) atoms. The van der Waals surface area contributed by atoms with Crippen molar-refractivity contribution in [1.29, 1.82) is 0 Å². The average molecular weight is 417 g/mol. The molecule has 0 radical (unpaired) electrons. The highest BCUT2D eigenvalue weighted by atomic mass is 79.9. The predicted molar refractivity (Wildman–Crippen MR) is 97.5 cm³/mol. The first-order valence-corrected chi connectivity index (χ1v) is 9.21. The fourth-order valence-corrected chi connectivity index (χ4v) is 3.47. The van der Waals surface area contributed by atoms with Crippen molar-refractivity contribution in [3.05, 3.63) is 65.4 Å². The maximum Gasteiger partial charge on any atom is 0.240 e. The Morgan fingerprint density at radius 3 is 2.80 bits per heavy atom. The van der Waals surface area contributed by atoms with E-state index < -0.39 is 0 Å². The van der Waals surface area contributed by atoms with E-state index in [1.165, 1.54) is 0 Å². The van der Waals surface area contributed by atoms with Crippen molar-refractivity contribution in [1.82, 2.24) is 19.7 Å². The molecule has 6 nitrogen and oxygen atoms in total. The Hall–Kier alpha value is -2.32. The molecular weight excluding hydrogens is 404 g/mol. The molecule has 0 fully saturated rings. The van der Waals surface area contributed by atoms with Crippen molar-refractivity contribution in [3.8, 4) is 17.3 Å². The highest BCUT2D eigenvalue weighted by Gasteiger charge is 2.20. The number of benzene rings is 1. The molecule has 0 aliphatic rings. The quantitative estimate of drug-likeness (QED) is 0.419. The molecule has 1 atom stereocenters. The zero-order valence-corrected chi connectivity index (χ0v) is 15.6. The molecule has 0 aliphatic heterocycles. The van der Waals surface area contributed by atoms with Crippen LogP contribution in [0.1, 0.15) is 18.1 Å². The number of thioether (sulfide) groups is 1. The summed E-state index contributed by atoms with van der Waals surface area (Å²) >= 11 is 5.00. The Labute approximate surface area is 156 Å². The second kappa shape index (κ2) is 6.89. The summed E-state index contributed by atoms with van der Waals surface area (Å²) in [5.74, 6) is 1.56. The second-order valence-corrected chi connectivity index (χ2v) is 7.47. The molecular formula is C17H13BrN4O2S. The van der Waals surface area contributed by atoms with E-state index in [1.54, 1.807) is 36.4 Å². The standard InChI is InChI=1S/C17H13BrN4O2S/c1-11(16-20-15(21-24-16)14-3-2-10-23-14)25-17-19-8-9-22(17)13-6-4-12(18)5-7-13/h2-11H,1H3/t11-/m0/s1. The van der Waals surface area contributed by atoms with Crippen LogP contribution in [0.15, 0.2) is 73.6 Å². The highest BCUT2D eigenvalue weighted by Crippen LogP contribution is 2.35. The minimum Gasteiger partial charge on any atom is -0.461 e. The first-order chi connectivity index (χ1) is 12.2. The predicted octanol–water partition coefficient (Wildman–Crippen LogP) is 5.13. The fraction of sp³-hybridized carbons (Fsp3) is 0.118. The fourth-order valence-electron chi connectivity index (χ4n) is 2.29. The van der Waals surface area contributed by atoms with Gasteiger partial charge in [0.05, 0.1) is 11.5 Å². The van der Waals surface area contributed by atoms with E-state index in [9.17, 15) is 0 Å². The van der Waals surface area contributed by atoms with Crippen LogP contribution in [0.4, 0.5) is 0 Å². The Morgan fingerprint density at radius 2 is 2.04 bits per heavy atom. The molecule has 0 N–H and O–H groups in total. The van der Waals surface area contributed by atoms with Gasteiger partial charge < -0.3 is 8.94 Å². The first-order valence-electron chi connectivity index (χ1n) is 7.54. The van der Waals surface area contributed by atoms with Gasteiger partial charge in [0.1, 0.15) is 0 Å². The van der Waals surface area contributed by atoms with Gasteiger partial charge in [-0.15, -0.1) is 0 Å². The molecule has 3 aromatic heterocycles. The maximum absolute atomic E-state index is 5.38. The van der Waals surface area contributed by atoms with Crippen LogP contribution in [-0.2, 0) is 0 Å². The summed E-state index contributed by atoms with van der Waals surface area (Å²) in [5, 5.41) is 4.78. The molecule has 4 rings (SSSR count). The summed E-state index contributed by atoms with van der Waals surface area (Å²) < 4.78 is 13.7. The van der Waals surface area contributed by atoms with Crippen molar-refractivity contribution in [2.75, 3.05) is 0 Å². The normalized spacial score (nSPS) is 12.4. The third kappa shape index (κ3) is 3.40. The van der Waals surface area contributed by atoms with Crippen molar-refractivity contribution < 1.29 is 8.94 Å². The molecule has 0 amide bonds. The van der Waals surface area contributed by atoms with Crippen molar-refractivity contribution in [2.45, 2.75) is 17.3 Å². The second-order valence-electron chi connectivity index (χ2n) is 5.25. The topological polar surface area (TPSA) is 69.9 Å². The number of halogens is 1. The zero-order chi connectivity index (χ0) is 17.2. The summed E-state index contributed by atoms with van der Waals surface area (Å²) in [4.78, 5) is 8.85. The van der Waals surface area contributed by atoms with Gasteiger partial charge in [0.15, 0.2) is 10.9 Å². The molecule has 3 heterocycles. The van der Waals surface area contributed by atoms with Crippen LogP contribution in [0.25, 0.3) is 17.3 Å². The monoisotopic (exact) mass is 416 g/mol. The Bertz CT molecular complexity index is 963. The van der Waals surface area contributed by atoms with E-state index in [2.05, 4.69) is 31.1 Å². The Balaban J connectivity index is 1.55. The number of nitrogens with zero attached hydrogens (tertiary/aromatic N) is 4. The van der Waals surface area contributed by atoms with Crippen LogP contribution in [0.2, 0.25) is 0 Å². The van der Waals surface area contributed by atoms with Gasteiger partial charge in [-0.25, -0.2) is 4.98 Å². The SMILES string of the molecule is C[C@H](Sc1nccn1-c1ccc(Br)cc1)c1nc(-c2ccco2)no1. The summed E-state index contributed by atoms with van der Waals surface area (Å²) in [6.45, 7) is 2.00. The third-order valence-electron chi connectivity index (χ3n) is 3.52. The number of rotatable bonds is 5. The molecule has 126 valence electrons. The van der Waals surface area contributed by atoms with Crippen LogP contribution in [0.3, 0.4) is 0 Å². The summed E-state index contributed by atoms with van der Waals surface area (Å²) in [6, 6.07) is 11.7. The Morgan fingerprint density at radius 1 is 1.20 bits per heavy atom. The van der Waals surface area contributed by atoms with E-state index in [0.29, 0.717) is 17.5 Å². The van der Waals surface area contributed by atoms with E-state index in [1.807, 2.05) is 42.0 Å². The molecule has 0 unspecified atom stereocenters. The van der Waals surface area contributed by atoms with E-state index in [4.69, 9.17) is 8.94 Å². The minimum absolute atomic E-state index is 0.0483. The highest BCUT2D eigenvalue weighted by molar-refractivity contribution is 9.10. The van der Waals surface area contributed by atoms with Crippen molar-refractivity contribution in [3.63, 3.8) is 0 Å². The van der Waals surface area contributed by atoms with Gasteiger partial charge in [0, 0.05) is 22.6 Å². The molecule has 1 aromatic carbocycles. The number of hydrogen-bond donors (Lipinski definition) is 0. The molecule has 0 aliphatic carbocycles. The van der Waals surface area contributed by atoms with E-state index >= 15 is 0 Å². The lowest BCUT2D eigenvalue weighted by Gasteiger charge is -2.09. The van der Waals surface area contributed by atoms with Crippen molar-refractivity contribution in [2.24, 2.45) is 0 Å². The lowest BCUT2D eigenvalue weighted by molar-refractivity contribution is 0.379. The van der Waals surface area contributed by atoms with Gasteiger partial charge >= 0.3 is 0 Å².